The largest absolute Gasteiger partial charge is 0.435 e. The predicted molar refractivity (Wildman–Crippen MR) is 79.4 cm³/mol. The number of aromatic nitrogens is 2. The predicted octanol–water partition coefficient (Wildman–Crippen LogP) is 4.98. The number of fused-ring (bicyclic) bond motifs is 1. The summed E-state index contributed by atoms with van der Waals surface area (Å²) in [5.74, 6) is 0.406. The fraction of sp³-hybridized carbons (Fsp3) is 0.471. The van der Waals surface area contributed by atoms with Gasteiger partial charge in [0.1, 0.15) is 0 Å². The Balaban J connectivity index is 2.20. The molecule has 0 fully saturated rings. The Morgan fingerprint density at radius 1 is 1.27 bits per heavy atom. The number of alkyl halides is 3. The normalized spacial score (nSPS) is 20.2. The van der Waals surface area contributed by atoms with Crippen molar-refractivity contribution in [1.82, 2.24) is 9.78 Å². The van der Waals surface area contributed by atoms with Crippen LogP contribution in [-0.2, 0) is 11.6 Å². The van der Waals surface area contributed by atoms with Gasteiger partial charge >= 0.3 is 6.18 Å². The number of aryl methyl sites for hydroxylation is 1. The SMILES string of the molecule is Cc1cn(-c2cccc3c2C(C)(C)C[C@@H]3C)nc1C(F)(F)F. The molecule has 0 spiro atoms. The molecule has 1 aromatic heterocycles. The lowest BCUT2D eigenvalue weighted by molar-refractivity contribution is -0.141. The van der Waals surface area contributed by atoms with Crippen LogP contribution in [0.5, 0.6) is 0 Å². The van der Waals surface area contributed by atoms with E-state index in [1.54, 1.807) is 0 Å². The molecular weight excluding hydrogens is 289 g/mol. The number of halogens is 3. The molecule has 0 radical (unpaired) electrons. The van der Waals surface area contributed by atoms with Crippen molar-refractivity contribution in [3.63, 3.8) is 0 Å². The van der Waals surface area contributed by atoms with Crippen LogP contribution in [0, 0.1) is 6.92 Å². The molecule has 0 amide bonds. The van der Waals surface area contributed by atoms with Crippen LogP contribution in [0.2, 0.25) is 0 Å². The topological polar surface area (TPSA) is 17.8 Å². The molecule has 22 heavy (non-hydrogen) atoms. The minimum absolute atomic E-state index is 0.0659. The molecule has 2 nitrogen and oxygen atoms in total. The fourth-order valence-electron chi connectivity index (χ4n) is 3.74. The molecule has 0 N–H and O–H groups in total. The number of benzene rings is 1. The van der Waals surface area contributed by atoms with Crippen molar-refractivity contribution in [2.75, 3.05) is 0 Å². The first-order valence-electron chi connectivity index (χ1n) is 7.38. The average Bonchev–Trinajstić information content (AvgIpc) is 2.88. The minimum atomic E-state index is -4.42. The average molecular weight is 308 g/mol. The molecule has 1 aliphatic carbocycles. The van der Waals surface area contributed by atoms with Crippen molar-refractivity contribution in [3.05, 3.63) is 46.8 Å². The highest BCUT2D eigenvalue weighted by molar-refractivity contribution is 5.54. The molecule has 5 heteroatoms. The summed E-state index contributed by atoms with van der Waals surface area (Å²) in [7, 11) is 0. The molecule has 1 atom stereocenters. The molecule has 0 aliphatic heterocycles. The third-order valence-electron chi connectivity index (χ3n) is 4.51. The molecule has 0 unspecified atom stereocenters. The number of rotatable bonds is 1. The molecule has 0 bridgehead atoms. The Bertz CT molecular complexity index is 726. The molecule has 1 heterocycles. The van der Waals surface area contributed by atoms with Crippen LogP contribution < -0.4 is 0 Å². The van der Waals surface area contributed by atoms with Crippen molar-refractivity contribution < 1.29 is 13.2 Å². The van der Waals surface area contributed by atoms with Gasteiger partial charge in [0.2, 0.25) is 0 Å². The monoisotopic (exact) mass is 308 g/mol. The van der Waals surface area contributed by atoms with E-state index >= 15 is 0 Å². The molecular formula is C17H19F3N2. The van der Waals surface area contributed by atoms with Crippen molar-refractivity contribution in [3.8, 4) is 5.69 Å². The smallest absolute Gasteiger partial charge is 0.240 e. The summed E-state index contributed by atoms with van der Waals surface area (Å²) in [4.78, 5) is 0. The lowest BCUT2D eigenvalue weighted by Crippen LogP contribution is -2.16. The van der Waals surface area contributed by atoms with Crippen LogP contribution in [0.25, 0.3) is 5.69 Å². The molecule has 0 saturated carbocycles. The van der Waals surface area contributed by atoms with Gasteiger partial charge in [0.15, 0.2) is 5.69 Å². The van der Waals surface area contributed by atoms with E-state index in [4.69, 9.17) is 0 Å². The second-order valence-electron chi connectivity index (χ2n) is 6.83. The molecule has 3 rings (SSSR count). The van der Waals surface area contributed by atoms with Gasteiger partial charge in [-0.25, -0.2) is 4.68 Å². The maximum atomic E-state index is 13.0. The Morgan fingerprint density at radius 3 is 2.55 bits per heavy atom. The van der Waals surface area contributed by atoms with Crippen LogP contribution >= 0.6 is 0 Å². The Morgan fingerprint density at radius 2 is 1.95 bits per heavy atom. The highest BCUT2D eigenvalue weighted by atomic mass is 19.4. The van der Waals surface area contributed by atoms with Crippen LogP contribution in [0.15, 0.2) is 24.4 Å². The first-order chi connectivity index (χ1) is 10.1. The van der Waals surface area contributed by atoms with Crippen LogP contribution in [0.3, 0.4) is 0 Å². The lowest BCUT2D eigenvalue weighted by Gasteiger charge is -2.22. The summed E-state index contributed by atoms with van der Waals surface area (Å²) in [6.07, 6.45) is -1.96. The Kier molecular flexibility index (Phi) is 3.17. The number of nitrogens with zero attached hydrogens (tertiary/aromatic N) is 2. The summed E-state index contributed by atoms with van der Waals surface area (Å²) in [6.45, 7) is 7.88. The Labute approximate surface area is 128 Å². The van der Waals surface area contributed by atoms with Gasteiger partial charge in [-0.1, -0.05) is 32.9 Å². The molecule has 118 valence electrons. The molecule has 1 aromatic carbocycles. The van der Waals surface area contributed by atoms with Gasteiger partial charge in [0.05, 0.1) is 5.69 Å². The van der Waals surface area contributed by atoms with Crippen molar-refractivity contribution >= 4 is 0 Å². The lowest BCUT2D eigenvalue weighted by atomic mass is 9.85. The molecule has 0 saturated heterocycles. The number of hydrogen-bond acceptors (Lipinski definition) is 1. The standard InChI is InChI=1S/C17H19F3N2/c1-10-8-16(3,4)14-12(10)6-5-7-13(14)22-9-11(2)15(21-22)17(18,19)20/h5-7,9-10H,8H2,1-4H3/t10-/m0/s1. The van der Waals surface area contributed by atoms with Gasteiger partial charge in [-0.2, -0.15) is 18.3 Å². The van der Waals surface area contributed by atoms with Crippen LogP contribution in [-0.4, -0.2) is 9.78 Å². The van der Waals surface area contributed by atoms with Crippen LogP contribution in [0.4, 0.5) is 13.2 Å². The van der Waals surface area contributed by atoms with E-state index in [9.17, 15) is 13.2 Å². The van der Waals surface area contributed by atoms with E-state index in [-0.39, 0.29) is 11.0 Å². The zero-order valence-electron chi connectivity index (χ0n) is 13.1. The summed E-state index contributed by atoms with van der Waals surface area (Å²) in [6, 6.07) is 5.82. The maximum Gasteiger partial charge on any atom is 0.435 e. The van der Waals surface area contributed by atoms with Crippen molar-refractivity contribution in [1.29, 1.82) is 0 Å². The van der Waals surface area contributed by atoms with Gasteiger partial charge in [-0.15, -0.1) is 0 Å². The maximum absolute atomic E-state index is 13.0. The van der Waals surface area contributed by atoms with Crippen LogP contribution in [0.1, 0.15) is 55.5 Å². The summed E-state index contributed by atoms with van der Waals surface area (Å²) in [5, 5.41) is 3.81. The van der Waals surface area contributed by atoms with E-state index in [0.29, 0.717) is 5.92 Å². The van der Waals surface area contributed by atoms with Gasteiger partial charge in [0.25, 0.3) is 0 Å². The van der Waals surface area contributed by atoms with E-state index in [0.717, 1.165) is 17.7 Å². The van der Waals surface area contributed by atoms with Gasteiger partial charge < -0.3 is 0 Å². The summed E-state index contributed by atoms with van der Waals surface area (Å²) < 4.78 is 40.4. The second kappa shape index (κ2) is 4.61. The van der Waals surface area contributed by atoms with E-state index in [1.807, 2.05) is 12.1 Å². The number of hydrogen-bond donors (Lipinski definition) is 0. The highest BCUT2D eigenvalue weighted by Crippen LogP contribution is 2.48. The third kappa shape index (κ3) is 2.23. The summed E-state index contributed by atoms with van der Waals surface area (Å²) >= 11 is 0. The first-order valence-corrected chi connectivity index (χ1v) is 7.38. The van der Waals surface area contributed by atoms with E-state index in [2.05, 4.69) is 31.9 Å². The third-order valence-corrected chi connectivity index (χ3v) is 4.51. The van der Waals surface area contributed by atoms with Crippen molar-refractivity contribution in [2.45, 2.75) is 51.6 Å². The minimum Gasteiger partial charge on any atom is -0.240 e. The molecule has 1 aliphatic rings. The highest BCUT2D eigenvalue weighted by Gasteiger charge is 2.39. The fourth-order valence-corrected chi connectivity index (χ4v) is 3.74. The van der Waals surface area contributed by atoms with E-state index in [1.165, 1.54) is 23.4 Å². The zero-order valence-corrected chi connectivity index (χ0v) is 13.1. The Hall–Kier alpha value is -1.78. The van der Waals surface area contributed by atoms with Gasteiger partial charge in [-0.05, 0) is 47.4 Å². The molecule has 2 aromatic rings. The van der Waals surface area contributed by atoms with Gasteiger partial charge in [-0.3, -0.25) is 0 Å². The first kappa shape index (κ1) is 15.1. The van der Waals surface area contributed by atoms with Gasteiger partial charge in [0, 0.05) is 6.20 Å². The second-order valence-corrected chi connectivity index (χ2v) is 6.83. The zero-order chi connectivity index (χ0) is 16.3. The van der Waals surface area contributed by atoms with Crippen molar-refractivity contribution in [2.24, 2.45) is 0 Å². The summed E-state index contributed by atoms with van der Waals surface area (Å²) in [5.41, 5.74) is 2.35. The quantitative estimate of drug-likeness (QED) is 0.726. The van der Waals surface area contributed by atoms with E-state index < -0.39 is 11.9 Å².